The summed E-state index contributed by atoms with van der Waals surface area (Å²) in [4.78, 5) is 1.99. The molecule has 126 valence electrons. The van der Waals surface area contributed by atoms with Crippen LogP contribution in [0.3, 0.4) is 0 Å². The van der Waals surface area contributed by atoms with Crippen LogP contribution in [0, 0.1) is 0 Å². The van der Waals surface area contributed by atoms with Crippen molar-refractivity contribution in [3.63, 3.8) is 0 Å². The van der Waals surface area contributed by atoms with Crippen LogP contribution < -0.4 is 15.6 Å². The van der Waals surface area contributed by atoms with Crippen LogP contribution in [0.1, 0.15) is 11.1 Å². The second-order valence-electron chi connectivity index (χ2n) is 5.27. The monoisotopic (exact) mass is 342 g/mol. The molecule has 6 heteroatoms. The lowest BCUT2D eigenvalue weighted by Crippen LogP contribution is -2.31. The Morgan fingerprint density at radius 3 is 2.54 bits per heavy atom. The number of nitrogens with one attached hydrogen (secondary N) is 2. The van der Waals surface area contributed by atoms with E-state index in [4.69, 9.17) is 17.3 Å². The van der Waals surface area contributed by atoms with Gasteiger partial charge in [0.05, 0.1) is 12.8 Å². The Hall–Kier alpha value is -2.44. The molecule has 0 spiro atoms. The lowest BCUT2D eigenvalue weighted by molar-refractivity contribution is 0.304. The highest BCUT2D eigenvalue weighted by molar-refractivity contribution is 7.80. The molecule has 0 aliphatic rings. The van der Waals surface area contributed by atoms with Crippen LogP contribution in [0.5, 0.6) is 0 Å². The van der Waals surface area contributed by atoms with Crippen molar-refractivity contribution in [3.8, 4) is 0 Å². The van der Waals surface area contributed by atoms with E-state index in [0.717, 1.165) is 16.8 Å². The van der Waals surface area contributed by atoms with E-state index in [1.807, 2.05) is 66.5 Å². The van der Waals surface area contributed by atoms with E-state index < -0.39 is 0 Å². The molecule has 2 aromatic carbocycles. The predicted octanol–water partition coefficient (Wildman–Crippen LogP) is 2.11. The van der Waals surface area contributed by atoms with Crippen LogP contribution in [0.4, 0.5) is 5.69 Å². The Bertz CT molecular complexity index is 658. The molecular weight excluding hydrogens is 320 g/mol. The van der Waals surface area contributed by atoms with Gasteiger partial charge in [-0.2, -0.15) is 5.10 Å². The van der Waals surface area contributed by atoms with Crippen LogP contribution in [0.25, 0.3) is 0 Å². The third kappa shape index (κ3) is 5.98. The first kappa shape index (κ1) is 17.9. The molecule has 0 heterocycles. The van der Waals surface area contributed by atoms with Gasteiger partial charge in [0.1, 0.15) is 0 Å². The number of rotatable bonds is 7. The molecule has 2 rings (SSSR count). The minimum Gasteiger partial charge on any atom is -0.395 e. The smallest absolute Gasteiger partial charge is 0.187 e. The fraction of sp³-hybridized carbons (Fsp3) is 0.222. The molecule has 2 aromatic rings. The number of anilines is 1. The highest BCUT2D eigenvalue weighted by atomic mass is 32.1. The highest BCUT2D eigenvalue weighted by Crippen LogP contribution is 2.12. The zero-order valence-corrected chi connectivity index (χ0v) is 14.5. The van der Waals surface area contributed by atoms with Crippen LogP contribution in [-0.2, 0) is 6.54 Å². The van der Waals surface area contributed by atoms with Crippen molar-refractivity contribution in [1.82, 2.24) is 10.7 Å². The van der Waals surface area contributed by atoms with Crippen LogP contribution in [-0.4, -0.2) is 36.6 Å². The first-order valence-corrected chi connectivity index (χ1v) is 8.13. The summed E-state index contributed by atoms with van der Waals surface area (Å²) in [7, 11) is 1.94. The molecular formula is C18H22N4OS. The summed E-state index contributed by atoms with van der Waals surface area (Å²) in [6, 6.07) is 18.0. The highest BCUT2D eigenvalue weighted by Gasteiger charge is 1.99. The van der Waals surface area contributed by atoms with Gasteiger partial charge in [-0.25, -0.2) is 0 Å². The molecule has 0 unspecified atom stereocenters. The normalized spacial score (nSPS) is 10.6. The van der Waals surface area contributed by atoms with Gasteiger partial charge in [0.2, 0.25) is 0 Å². The Labute approximate surface area is 148 Å². The topological polar surface area (TPSA) is 59.9 Å². The number of likely N-dealkylation sites (N-methyl/N-ethyl adjacent to an activating group) is 1. The molecule has 0 radical (unpaired) electrons. The molecule has 24 heavy (non-hydrogen) atoms. The lowest BCUT2D eigenvalue weighted by atomic mass is 10.2. The molecule has 0 aliphatic carbocycles. The quantitative estimate of drug-likeness (QED) is 0.409. The van der Waals surface area contributed by atoms with E-state index in [2.05, 4.69) is 15.8 Å². The standard InChI is InChI=1S/C18H22N4OS/c1-22(11-12-23)17-9-7-16(8-10-17)14-20-21-18(24)19-13-15-5-3-2-4-6-15/h2-10,14,23H,11-13H2,1H3,(H2,19,21,24)/b20-14-. The van der Waals surface area contributed by atoms with Gasteiger partial charge in [-0.1, -0.05) is 42.5 Å². The maximum Gasteiger partial charge on any atom is 0.187 e. The number of aliphatic hydroxyl groups is 1. The summed E-state index contributed by atoms with van der Waals surface area (Å²) < 4.78 is 0. The van der Waals surface area contributed by atoms with E-state index in [1.165, 1.54) is 0 Å². The van der Waals surface area contributed by atoms with E-state index in [-0.39, 0.29) is 6.61 Å². The number of hydrogen-bond acceptors (Lipinski definition) is 4. The third-order valence-corrected chi connectivity index (χ3v) is 3.68. The maximum absolute atomic E-state index is 8.95. The molecule has 0 saturated heterocycles. The van der Waals surface area contributed by atoms with E-state index >= 15 is 0 Å². The van der Waals surface area contributed by atoms with Crippen molar-refractivity contribution in [3.05, 3.63) is 65.7 Å². The molecule has 0 aromatic heterocycles. The Morgan fingerprint density at radius 1 is 1.17 bits per heavy atom. The molecule has 0 saturated carbocycles. The zero-order chi connectivity index (χ0) is 17.2. The SMILES string of the molecule is CN(CCO)c1ccc(/C=N\NC(=S)NCc2ccccc2)cc1. The first-order valence-electron chi connectivity index (χ1n) is 7.72. The summed E-state index contributed by atoms with van der Waals surface area (Å²) in [6.45, 7) is 1.40. The van der Waals surface area contributed by atoms with Gasteiger partial charge in [0.25, 0.3) is 0 Å². The zero-order valence-electron chi connectivity index (χ0n) is 13.6. The van der Waals surface area contributed by atoms with E-state index in [1.54, 1.807) is 6.21 Å². The van der Waals surface area contributed by atoms with Crippen molar-refractivity contribution in [2.75, 3.05) is 25.1 Å². The molecule has 0 amide bonds. The molecule has 0 aliphatic heterocycles. The van der Waals surface area contributed by atoms with Gasteiger partial charge in [0.15, 0.2) is 5.11 Å². The summed E-state index contributed by atoms with van der Waals surface area (Å²) in [5, 5.41) is 16.7. The minimum absolute atomic E-state index is 0.136. The van der Waals surface area contributed by atoms with Gasteiger partial charge >= 0.3 is 0 Å². The van der Waals surface area contributed by atoms with Crippen LogP contribution in [0.2, 0.25) is 0 Å². The average molecular weight is 342 g/mol. The van der Waals surface area contributed by atoms with Crippen molar-refractivity contribution in [2.24, 2.45) is 5.10 Å². The molecule has 0 fully saturated rings. The Kier molecular flexibility index (Phi) is 7.20. The third-order valence-electron chi connectivity index (χ3n) is 3.44. The minimum atomic E-state index is 0.136. The maximum atomic E-state index is 8.95. The molecule has 5 nitrogen and oxygen atoms in total. The number of nitrogens with zero attached hydrogens (tertiary/aromatic N) is 2. The number of hydrogen-bond donors (Lipinski definition) is 3. The van der Waals surface area contributed by atoms with Gasteiger partial charge in [-0.3, -0.25) is 5.43 Å². The average Bonchev–Trinajstić information content (AvgIpc) is 2.61. The van der Waals surface area contributed by atoms with Gasteiger partial charge < -0.3 is 15.3 Å². The van der Waals surface area contributed by atoms with Crippen molar-refractivity contribution in [1.29, 1.82) is 0 Å². The number of aliphatic hydroxyl groups excluding tert-OH is 1. The largest absolute Gasteiger partial charge is 0.395 e. The Morgan fingerprint density at radius 2 is 1.88 bits per heavy atom. The Balaban J connectivity index is 1.77. The first-order chi connectivity index (χ1) is 11.7. The lowest BCUT2D eigenvalue weighted by Gasteiger charge is -2.17. The van der Waals surface area contributed by atoms with E-state index in [9.17, 15) is 0 Å². The summed E-state index contributed by atoms with van der Waals surface area (Å²) >= 11 is 5.19. The van der Waals surface area contributed by atoms with Crippen LogP contribution >= 0.6 is 12.2 Å². The molecule has 0 atom stereocenters. The second kappa shape index (κ2) is 9.64. The van der Waals surface area contributed by atoms with Gasteiger partial charge in [0, 0.05) is 25.8 Å². The number of benzene rings is 2. The number of hydrazone groups is 1. The van der Waals surface area contributed by atoms with Gasteiger partial charge in [-0.15, -0.1) is 0 Å². The molecule has 0 bridgehead atoms. The summed E-state index contributed by atoms with van der Waals surface area (Å²) in [5.74, 6) is 0. The van der Waals surface area contributed by atoms with Crippen molar-refractivity contribution < 1.29 is 5.11 Å². The predicted molar refractivity (Wildman–Crippen MR) is 103 cm³/mol. The fourth-order valence-corrected chi connectivity index (χ4v) is 2.20. The summed E-state index contributed by atoms with van der Waals surface area (Å²) in [6.07, 6.45) is 1.71. The van der Waals surface area contributed by atoms with Crippen LogP contribution in [0.15, 0.2) is 59.7 Å². The second-order valence-corrected chi connectivity index (χ2v) is 5.68. The summed E-state index contributed by atoms with van der Waals surface area (Å²) in [5.41, 5.74) is 5.98. The fourth-order valence-electron chi connectivity index (χ4n) is 2.08. The number of thiocarbonyl (C=S) groups is 1. The van der Waals surface area contributed by atoms with Crippen molar-refractivity contribution in [2.45, 2.75) is 6.54 Å². The van der Waals surface area contributed by atoms with E-state index in [0.29, 0.717) is 18.2 Å². The molecule has 3 N–H and O–H groups in total. The van der Waals surface area contributed by atoms with Gasteiger partial charge in [-0.05, 0) is 35.5 Å². The van der Waals surface area contributed by atoms with Crippen molar-refractivity contribution >= 4 is 29.2 Å².